The molecule has 0 spiro atoms. The molecule has 22 heavy (non-hydrogen) atoms. The van der Waals surface area contributed by atoms with Crippen LogP contribution in [0.15, 0.2) is 6.07 Å². The summed E-state index contributed by atoms with van der Waals surface area (Å²) < 4.78 is 16.7. The molecule has 0 bridgehead atoms. The first-order valence-electron chi connectivity index (χ1n) is 7.47. The molecule has 0 fully saturated rings. The molecule has 1 unspecified atom stereocenters. The summed E-state index contributed by atoms with van der Waals surface area (Å²) >= 11 is 0. The molecule has 118 valence electrons. The van der Waals surface area contributed by atoms with E-state index >= 15 is 0 Å². The lowest BCUT2D eigenvalue weighted by atomic mass is 9.91. The number of nitrogens with one attached hydrogen (secondary N) is 1. The van der Waals surface area contributed by atoms with Crippen molar-refractivity contribution in [3.8, 4) is 29.1 Å². The first-order chi connectivity index (χ1) is 10.4. The Bertz CT molecular complexity index is 651. The molecule has 1 aromatic carbocycles. The SMILES string of the molecule is COc1c2c(cc3c1[C@H](C#CC(C)(C)O)[NH+](C)CC3)OCO2. The molecule has 0 saturated carbocycles. The first kappa shape index (κ1) is 15.0. The molecule has 2 aliphatic heterocycles. The lowest BCUT2D eigenvalue weighted by molar-refractivity contribution is -0.905. The number of benzene rings is 1. The molecule has 0 saturated heterocycles. The van der Waals surface area contributed by atoms with E-state index in [4.69, 9.17) is 14.2 Å². The average Bonchev–Trinajstić information content (AvgIpc) is 2.91. The third-order valence-electron chi connectivity index (χ3n) is 4.04. The standard InChI is InChI=1S/C17H21NO4/c1-17(2,19)7-5-12-14-11(6-8-18(12)3)9-13-15(16(14)20-4)22-10-21-13/h9,12,19H,6,8,10H2,1-4H3/p+1/t12-/m0/s1. The van der Waals surface area contributed by atoms with E-state index in [-0.39, 0.29) is 12.8 Å². The summed E-state index contributed by atoms with van der Waals surface area (Å²) in [6.07, 6.45) is 0.939. The number of methoxy groups -OCH3 is 1. The van der Waals surface area contributed by atoms with Crippen LogP contribution in [0.4, 0.5) is 0 Å². The quantitative estimate of drug-likeness (QED) is 0.733. The van der Waals surface area contributed by atoms with Gasteiger partial charge in [-0.1, -0.05) is 5.92 Å². The Morgan fingerprint density at radius 1 is 1.41 bits per heavy atom. The van der Waals surface area contributed by atoms with E-state index in [0.29, 0.717) is 11.5 Å². The van der Waals surface area contributed by atoms with E-state index in [1.807, 2.05) is 6.07 Å². The van der Waals surface area contributed by atoms with Gasteiger partial charge in [0.05, 0.1) is 26.3 Å². The van der Waals surface area contributed by atoms with Crippen LogP contribution in [0.1, 0.15) is 31.0 Å². The molecule has 2 atom stereocenters. The van der Waals surface area contributed by atoms with E-state index in [1.54, 1.807) is 21.0 Å². The number of rotatable bonds is 1. The molecule has 2 aliphatic rings. The van der Waals surface area contributed by atoms with Crippen LogP contribution in [-0.2, 0) is 6.42 Å². The maximum absolute atomic E-state index is 9.91. The summed E-state index contributed by atoms with van der Waals surface area (Å²) in [4.78, 5) is 1.28. The maximum atomic E-state index is 9.91. The van der Waals surface area contributed by atoms with Gasteiger partial charge in [0, 0.05) is 6.42 Å². The highest BCUT2D eigenvalue weighted by atomic mass is 16.7. The van der Waals surface area contributed by atoms with Gasteiger partial charge in [0.2, 0.25) is 12.5 Å². The van der Waals surface area contributed by atoms with Crippen molar-refractivity contribution in [3.63, 3.8) is 0 Å². The molecule has 1 aromatic rings. The number of hydrogen-bond acceptors (Lipinski definition) is 4. The lowest BCUT2D eigenvalue weighted by Gasteiger charge is -2.30. The van der Waals surface area contributed by atoms with E-state index < -0.39 is 5.60 Å². The predicted octanol–water partition coefficient (Wildman–Crippen LogP) is 0.310. The minimum absolute atomic E-state index is 0.0559. The van der Waals surface area contributed by atoms with E-state index in [2.05, 4.69) is 18.9 Å². The number of aliphatic hydroxyl groups is 1. The molecule has 2 N–H and O–H groups in total. The van der Waals surface area contributed by atoms with Crippen molar-refractivity contribution < 1.29 is 24.2 Å². The highest BCUT2D eigenvalue weighted by molar-refractivity contribution is 5.62. The van der Waals surface area contributed by atoms with Crippen LogP contribution in [0.3, 0.4) is 0 Å². The van der Waals surface area contributed by atoms with Crippen LogP contribution in [-0.4, -0.2) is 38.2 Å². The van der Waals surface area contributed by atoms with Crippen LogP contribution >= 0.6 is 0 Å². The van der Waals surface area contributed by atoms with Gasteiger partial charge in [0.15, 0.2) is 17.5 Å². The van der Waals surface area contributed by atoms with Gasteiger partial charge in [0.1, 0.15) is 5.60 Å². The van der Waals surface area contributed by atoms with Gasteiger partial charge in [-0.25, -0.2) is 0 Å². The number of ether oxygens (including phenoxy) is 3. The minimum Gasteiger partial charge on any atom is -0.492 e. The summed E-state index contributed by atoms with van der Waals surface area (Å²) in [7, 11) is 3.75. The number of fused-ring (bicyclic) bond motifs is 2. The van der Waals surface area contributed by atoms with E-state index in [1.165, 1.54) is 10.5 Å². The molecular weight excluding hydrogens is 282 g/mol. The third kappa shape index (κ3) is 2.60. The molecular formula is C17H22NO4+. The van der Waals surface area contributed by atoms with E-state index in [0.717, 1.165) is 24.3 Å². The van der Waals surface area contributed by atoms with Crippen molar-refractivity contribution >= 4 is 0 Å². The fourth-order valence-electron chi connectivity index (χ4n) is 2.97. The van der Waals surface area contributed by atoms with Crippen molar-refractivity contribution in [3.05, 3.63) is 17.2 Å². The van der Waals surface area contributed by atoms with Gasteiger partial charge >= 0.3 is 0 Å². The highest BCUT2D eigenvalue weighted by Gasteiger charge is 2.35. The summed E-state index contributed by atoms with van der Waals surface area (Å²) in [5.41, 5.74) is 1.22. The zero-order chi connectivity index (χ0) is 15.9. The number of likely N-dealkylation sites (N-methyl/N-ethyl adjacent to an activating group) is 1. The Labute approximate surface area is 130 Å². The average molecular weight is 304 g/mol. The number of hydrogen-bond donors (Lipinski definition) is 2. The summed E-state index contributed by atoms with van der Waals surface area (Å²) in [5, 5.41) is 9.91. The van der Waals surface area contributed by atoms with Crippen molar-refractivity contribution in [2.75, 3.05) is 27.5 Å². The minimum atomic E-state index is -1.01. The third-order valence-corrected chi connectivity index (χ3v) is 4.04. The van der Waals surface area contributed by atoms with Crippen LogP contribution in [0.5, 0.6) is 17.2 Å². The summed E-state index contributed by atoms with van der Waals surface area (Å²) in [6.45, 7) is 4.57. The second-order valence-electron chi connectivity index (χ2n) is 6.32. The Balaban J connectivity index is 2.14. The highest BCUT2D eigenvalue weighted by Crippen LogP contribution is 2.47. The van der Waals surface area contributed by atoms with Crippen molar-refractivity contribution in [2.24, 2.45) is 0 Å². The molecule has 5 nitrogen and oxygen atoms in total. The van der Waals surface area contributed by atoms with Crippen molar-refractivity contribution in [1.82, 2.24) is 0 Å². The van der Waals surface area contributed by atoms with Gasteiger partial charge in [-0.05, 0) is 31.4 Å². The molecule has 0 amide bonds. The number of quaternary nitrogens is 1. The predicted molar refractivity (Wildman–Crippen MR) is 81.4 cm³/mol. The van der Waals surface area contributed by atoms with E-state index in [9.17, 15) is 5.11 Å². The molecule has 0 aromatic heterocycles. The summed E-state index contributed by atoms with van der Waals surface area (Å²) in [6, 6.07) is 1.98. The molecule has 0 radical (unpaired) electrons. The van der Waals surface area contributed by atoms with Crippen LogP contribution < -0.4 is 19.1 Å². The van der Waals surface area contributed by atoms with Gasteiger partial charge < -0.3 is 24.2 Å². The molecule has 3 rings (SSSR count). The van der Waals surface area contributed by atoms with Gasteiger partial charge in [-0.15, -0.1) is 0 Å². The van der Waals surface area contributed by atoms with Gasteiger partial charge in [0.25, 0.3) is 0 Å². The Morgan fingerprint density at radius 3 is 2.86 bits per heavy atom. The molecule has 0 aliphatic carbocycles. The van der Waals surface area contributed by atoms with Gasteiger partial charge in [-0.3, -0.25) is 0 Å². The Morgan fingerprint density at radius 2 is 2.18 bits per heavy atom. The molecule has 2 heterocycles. The first-order valence-corrected chi connectivity index (χ1v) is 7.47. The zero-order valence-corrected chi connectivity index (χ0v) is 13.4. The summed E-state index contributed by atoms with van der Waals surface area (Å²) in [5.74, 6) is 8.27. The second kappa shape index (κ2) is 5.38. The van der Waals surface area contributed by atoms with Crippen molar-refractivity contribution in [1.29, 1.82) is 0 Å². The fourth-order valence-corrected chi connectivity index (χ4v) is 2.97. The van der Waals surface area contributed by atoms with Crippen LogP contribution in [0, 0.1) is 11.8 Å². The zero-order valence-electron chi connectivity index (χ0n) is 13.4. The monoisotopic (exact) mass is 304 g/mol. The smallest absolute Gasteiger partial charge is 0.231 e. The largest absolute Gasteiger partial charge is 0.492 e. The topological polar surface area (TPSA) is 52.4 Å². The fraction of sp³-hybridized carbons (Fsp3) is 0.529. The normalized spacial score (nSPS) is 22.6. The van der Waals surface area contributed by atoms with Crippen molar-refractivity contribution in [2.45, 2.75) is 31.9 Å². The maximum Gasteiger partial charge on any atom is 0.231 e. The van der Waals surface area contributed by atoms with Gasteiger partial charge in [-0.2, -0.15) is 0 Å². The van der Waals surface area contributed by atoms with Crippen LogP contribution in [0.2, 0.25) is 0 Å². The lowest BCUT2D eigenvalue weighted by Crippen LogP contribution is -3.10. The Kier molecular flexibility index (Phi) is 3.67. The van der Waals surface area contributed by atoms with Crippen LogP contribution in [0.25, 0.3) is 0 Å². The molecule has 5 heteroatoms. The Hall–Kier alpha value is -1.90. The second-order valence-corrected chi connectivity index (χ2v) is 6.32.